The summed E-state index contributed by atoms with van der Waals surface area (Å²) < 4.78 is 33.7. The van der Waals surface area contributed by atoms with Gasteiger partial charge < -0.3 is 9.64 Å². The van der Waals surface area contributed by atoms with E-state index in [0.717, 1.165) is 24.2 Å². The van der Waals surface area contributed by atoms with Crippen molar-refractivity contribution in [3.8, 4) is 5.75 Å². The number of ether oxygens (including phenoxy) is 1. The molecule has 24 heavy (non-hydrogen) atoms. The molecule has 1 heterocycles. The maximum absolute atomic E-state index is 12.8. The highest BCUT2D eigenvalue weighted by molar-refractivity contribution is 7.89. The summed E-state index contributed by atoms with van der Waals surface area (Å²) in [7, 11) is -0.00872. The van der Waals surface area contributed by atoms with Crippen LogP contribution >= 0.6 is 0 Å². The van der Waals surface area contributed by atoms with E-state index >= 15 is 0 Å². The van der Waals surface area contributed by atoms with E-state index in [-0.39, 0.29) is 6.04 Å². The number of fused-ring (bicyclic) bond motifs is 1. The van der Waals surface area contributed by atoms with Gasteiger partial charge in [0, 0.05) is 19.3 Å². The van der Waals surface area contributed by atoms with Crippen molar-refractivity contribution >= 4 is 15.7 Å². The molecule has 0 bridgehead atoms. The van der Waals surface area contributed by atoms with Gasteiger partial charge in [0.25, 0.3) is 0 Å². The van der Waals surface area contributed by atoms with Crippen molar-refractivity contribution in [2.45, 2.75) is 24.3 Å². The highest BCUT2D eigenvalue weighted by Crippen LogP contribution is 2.34. The third-order valence-electron chi connectivity index (χ3n) is 4.45. The van der Waals surface area contributed by atoms with Crippen LogP contribution in [-0.4, -0.2) is 29.1 Å². The number of anilines is 1. The molecule has 0 aliphatic carbocycles. The molecule has 1 atom stereocenters. The van der Waals surface area contributed by atoms with Gasteiger partial charge in [-0.15, -0.1) is 0 Å². The minimum Gasteiger partial charge on any atom is -0.497 e. The number of rotatable bonds is 4. The number of methoxy groups -OCH3 is 1. The Morgan fingerprint density at radius 3 is 2.67 bits per heavy atom. The second-order valence-electron chi connectivity index (χ2n) is 6.07. The van der Waals surface area contributed by atoms with E-state index in [1.165, 1.54) is 0 Å². The summed E-state index contributed by atoms with van der Waals surface area (Å²) in [6.45, 7) is 2.59. The van der Waals surface area contributed by atoms with Crippen LogP contribution in [0.1, 0.15) is 23.6 Å². The number of hydrogen-bond donors (Lipinski definition) is 1. The highest BCUT2D eigenvalue weighted by Gasteiger charge is 2.28. The normalized spacial score (nSPS) is 17.5. The van der Waals surface area contributed by atoms with Gasteiger partial charge in [0.1, 0.15) is 5.75 Å². The fourth-order valence-corrected chi connectivity index (χ4v) is 4.63. The van der Waals surface area contributed by atoms with Gasteiger partial charge in [0.15, 0.2) is 0 Å². The first-order valence-electron chi connectivity index (χ1n) is 7.89. The number of nitrogens with one attached hydrogen (secondary N) is 1. The van der Waals surface area contributed by atoms with Gasteiger partial charge >= 0.3 is 0 Å². The topological polar surface area (TPSA) is 58.6 Å². The molecule has 1 N–H and O–H groups in total. The molecule has 0 fully saturated rings. The first-order valence-corrected chi connectivity index (χ1v) is 9.38. The zero-order chi connectivity index (χ0) is 17.3. The number of hydrogen-bond acceptors (Lipinski definition) is 4. The van der Waals surface area contributed by atoms with Crippen LogP contribution in [-0.2, 0) is 10.0 Å². The molecule has 3 rings (SSSR count). The van der Waals surface area contributed by atoms with Gasteiger partial charge in [-0.2, -0.15) is 0 Å². The van der Waals surface area contributed by atoms with Gasteiger partial charge in [-0.25, -0.2) is 13.1 Å². The average Bonchev–Trinajstić information content (AvgIpc) is 2.57. The van der Waals surface area contributed by atoms with Crippen molar-refractivity contribution in [2.24, 2.45) is 0 Å². The monoisotopic (exact) mass is 346 g/mol. The third kappa shape index (κ3) is 3.12. The second-order valence-corrected chi connectivity index (χ2v) is 7.76. The van der Waals surface area contributed by atoms with E-state index in [9.17, 15) is 8.42 Å². The SMILES string of the molecule is COc1ccc(S(=O)(=O)NC2CCN(C)c3ccccc32)c(C)c1. The first-order chi connectivity index (χ1) is 11.4. The Balaban J connectivity index is 1.92. The minimum absolute atomic E-state index is 0.219. The van der Waals surface area contributed by atoms with Gasteiger partial charge in [0.2, 0.25) is 10.0 Å². The summed E-state index contributed by atoms with van der Waals surface area (Å²) >= 11 is 0. The molecule has 0 amide bonds. The molecule has 1 aliphatic heterocycles. The van der Waals surface area contributed by atoms with E-state index in [0.29, 0.717) is 16.2 Å². The fourth-order valence-electron chi connectivity index (χ4n) is 3.15. The summed E-state index contributed by atoms with van der Waals surface area (Å²) in [6, 6.07) is 12.7. The lowest BCUT2D eigenvalue weighted by Crippen LogP contribution is -2.36. The van der Waals surface area contributed by atoms with Crippen LogP contribution in [0, 0.1) is 6.92 Å². The average molecular weight is 346 g/mol. The van der Waals surface area contributed by atoms with Crippen LogP contribution in [0.3, 0.4) is 0 Å². The molecule has 0 aromatic heterocycles. The predicted octanol–water partition coefficient (Wildman–Crippen LogP) is 2.86. The number of nitrogens with zero attached hydrogens (tertiary/aromatic N) is 1. The van der Waals surface area contributed by atoms with E-state index in [2.05, 4.69) is 9.62 Å². The maximum Gasteiger partial charge on any atom is 0.241 e. The zero-order valence-corrected chi connectivity index (χ0v) is 14.9. The lowest BCUT2D eigenvalue weighted by Gasteiger charge is -2.33. The molecular formula is C18H22N2O3S. The molecular weight excluding hydrogens is 324 g/mol. The molecule has 2 aromatic rings. The number of benzene rings is 2. The van der Waals surface area contributed by atoms with Crippen molar-refractivity contribution in [1.82, 2.24) is 4.72 Å². The molecule has 1 unspecified atom stereocenters. The standard InChI is InChI=1S/C18H22N2O3S/c1-13-12-14(23-3)8-9-18(13)24(21,22)19-16-10-11-20(2)17-7-5-4-6-15(16)17/h4-9,12,16,19H,10-11H2,1-3H3. The third-order valence-corrected chi connectivity index (χ3v) is 6.08. The molecule has 2 aromatic carbocycles. The number of sulfonamides is 1. The van der Waals surface area contributed by atoms with Crippen LogP contribution in [0.25, 0.3) is 0 Å². The van der Waals surface area contributed by atoms with E-state index in [1.807, 2.05) is 31.3 Å². The Labute approximate surface area is 143 Å². The second kappa shape index (κ2) is 6.45. The van der Waals surface area contributed by atoms with Crippen LogP contribution in [0.5, 0.6) is 5.75 Å². The quantitative estimate of drug-likeness (QED) is 0.925. The first kappa shape index (κ1) is 16.8. The van der Waals surface area contributed by atoms with Gasteiger partial charge in [-0.05, 0) is 48.7 Å². The maximum atomic E-state index is 12.8. The molecule has 1 aliphatic rings. The Morgan fingerprint density at radius 1 is 1.21 bits per heavy atom. The Bertz CT molecular complexity index is 849. The number of para-hydroxylation sites is 1. The summed E-state index contributed by atoms with van der Waals surface area (Å²) in [5.74, 6) is 0.649. The molecule has 0 saturated heterocycles. The van der Waals surface area contributed by atoms with E-state index in [4.69, 9.17) is 4.74 Å². The summed E-state index contributed by atoms with van der Waals surface area (Å²) in [4.78, 5) is 2.44. The molecule has 0 saturated carbocycles. The van der Waals surface area contributed by atoms with Crippen LogP contribution in [0.4, 0.5) is 5.69 Å². The lowest BCUT2D eigenvalue weighted by molar-refractivity contribution is 0.414. The van der Waals surface area contributed by atoms with Gasteiger partial charge in [-0.3, -0.25) is 0 Å². The molecule has 5 nitrogen and oxygen atoms in total. The Morgan fingerprint density at radius 2 is 1.96 bits per heavy atom. The molecule has 0 spiro atoms. The van der Waals surface area contributed by atoms with Gasteiger partial charge in [-0.1, -0.05) is 18.2 Å². The molecule has 6 heteroatoms. The minimum atomic E-state index is -3.60. The molecule has 128 valence electrons. The molecule has 0 radical (unpaired) electrons. The van der Waals surface area contributed by atoms with E-state index in [1.54, 1.807) is 32.2 Å². The lowest BCUT2D eigenvalue weighted by atomic mass is 9.98. The Hall–Kier alpha value is -2.05. The van der Waals surface area contributed by atoms with E-state index < -0.39 is 10.0 Å². The summed E-state index contributed by atoms with van der Waals surface area (Å²) in [5, 5.41) is 0. The van der Waals surface area contributed by atoms with Crippen LogP contribution in [0.2, 0.25) is 0 Å². The van der Waals surface area contributed by atoms with Crippen molar-refractivity contribution in [3.05, 3.63) is 53.6 Å². The van der Waals surface area contributed by atoms with Crippen molar-refractivity contribution in [3.63, 3.8) is 0 Å². The fraction of sp³-hybridized carbons (Fsp3) is 0.333. The highest BCUT2D eigenvalue weighted by atomic mass is 32.2. The van der Waals surface area contributed by atoms with Crippen LogP contribution in [0.15, 0.2) is 47.4 Å². The largest absolute Gasteiger partial charge is 0.497 e. The summed E-state index contributed by atoms with van der Waals surface area (Å²) in [6.07, 6.45) is 0.738. The smallest absolute Gasteiger partial charge is 0.241 e. The van der Waals surface area contributed by atoms with Crippen molar-refractivity contribution in [1.29, 1.82) is 0 Å². The summed E-state index contributed by atoms with van der Waals surface area (Å²) in [5.41, 5.74) is 2.76. The number of aryl methyl sites for hydroxylation is 1. The van der Waals surface area contributed by atoms with Crippen molar-refractivity contribution < 1.29 is 13.2 Å². The van der Waals surface area contributed by atoms with Gasteiger partial charge in [0.05, 0.1) is 18.0 Å². The zero-order valence-electron chi connectivity index (χ0n) is 14.1. The Kier molecular flexibility index (Phi) is 4.51. The van der Waals surface area contributed by atoms with Crippen molar-refractivity contribution in [2.75, 3.05) is 25.6 Å². The predicted molar refractivity (Wildman–Crippen MR) is 95.1 cm³/mol. The van der Waals surface area contributed by atoms with Crippen LogP contribution < -0.4 is 14.4 Å².